The zero-order valence-electron chi connectivity index (χ0n) is 12.6. The Kier molecular flexibility index (Phi) is 4.72. The molecule has 1 aromatic heterocycles. The minimum atomic E-state index is -0.196. The first-order valence-corrected chi connectivity index (χ1v) is 7.92. The Hall–Kier alpha value is -1.89. The molecule has 2 N–H and O–H groups in total. The number of nitrogens with zero attached hydrogens (tertiary/aromatic N) is 2. The van der Waals surface area contributed by atoms with Crippen LogP contribution in [0.2, 0.25) is 0 Å². The SMILES string of the molecule is O=C(NCCn1nc(C2CC2)ccc1=O)NC1CCOCC1. The molecule has 7 nitrogen and oxygen atoms in total. The van der Waals surface area contributed by atoms with Crippen molar-refractivity contribution in [3.63, 3.8) is 0 Å². The van der Waals surface area contributed by atoms with Crippen LogP contribution in [0.3, 0.4) is 0 Å². The van der Waals surface area contributed by atoms with Crippen LogP contribution in [-0.4, -0.2) is 41.6 Å². The monoisotopic (exact) mass is 306 g/mol. The first-order chi connectivity index (χ1) is 10.7. The molecule has 0 atom stereocenters. The van der Waals surface area contributed by atoms with Crippen LogP contribution in [0.5, 0.6) is 0 Å². The van der Waals surface area contributed by atoms with Crippen LogP contribution in [0.4, 0.5) is 4.79 Å². The highest BCUT2D eigenvalue weighted by atomic mass is 16.5. The number of nitrogens with one attached hydrogen (secondary N) is 2. The fraction of sp³-hybridized carbons (Fsp3) is 0.667. The van der Waals surface area contributed by atoms with Crippen LogP contribution in [0.15, 0.2) is 16.9 Å². The van der Waals surface area contributed by atoms with Crippen LogP contribution in [0, 0.1) is 0 Å². The summed E-state index contributed by atoms with van der Waals surface area (Å²) in [5.74, 6) is 0.511. The van der Waals surface area contributed by atoms with Crippen molar-refractivity contribution >= 4 is 6.03 Å². The van der Waals surface area contributed by atoms with Crippen molar-refractivity contribution in [1.29, 1.82) is 0 Å². The Morgan fingerprint density at radius 1 is 1.27 bits per heavy atom. The van der Waals surface area contributed by atoms with Gasteiger partial charge in [0.2, 0.25) is 0 Å². The molecule has 1 saturated carbocycles. The third kappa shape index (κ3) is 4.07. The molecular formula is C15H22N4O3. The molecule has 120 valence electrons. The smallest absolute Gasteiger partial charge is 0.315 e. The van der Waals surface area contributed by atoms with Gasteiger partial charge in [-0.1, -0.05) is 0 Å². The van der Waals surface area contributed by atoms with E-state index in [1.807, 2.05) is 6.07 Å². The van der Waals surface area contributed by atoms with Crippen LogP contribution < -0.4 is 16.2 Å². The summed E-state index contributed by atoms with van der Waals surface area (Å²) in [6.45, 7) is 2.16. The third-order valence-electron chi connectivity index (χ3n) is 4.05. The van der Waals surface area contributed by atoms with Crippen LogP contribution in [-0.2, 0) is 11.3 Å². The molecule has 2 aliphatic rings. The number of carbonyl (C=O) groups excluding carboxylic acids is 1. The minimum Gasteiger partial charge on any atom is -0.381 e. The van der Waals surface area contributed by atoms with E-state index in [4.69, 9.17) is 4.74 Å². The van der Waals surface area contributed by atoms with Gasteiger partial charge < -0.3 is 15.4 Å². The number of ether oxygens (including phenoxy) is 1. The molecule has 22 heavy (non-hydrogen) atoms. The lowest BCUT2D eigenvalue weighted by Crippen LogP contribution is -2.45. The summed E-state index contributed by atoms with van der Waals surface area (Å²) in [5.41, 5.74) is 0.849. The normalized spacial score (nSPS) is 18.9. The van der Waals surface area contributed by atoms with E-state index < -0.39 is 0 Å². The summed E-state index contributed by atoms with van der Waals surface area (Å²) >= 11 is 0. The second-order valence-electron chi connectivity index (χ2n) is 5.88. The Bertz CT molecular complexity index is 576. The van der Waals surface area contributed by atoms with E-state index in [1.54, 1.807) is 6.07 Å². The fourth-order valence-electron chi connectivity index (χ4n) is 2.58. The van der Waals surface area contributed by atoms with Gasteiger partial charge in [0.05, 0.1) is 12.2 Å². The van der Waals surface area contributed by atoms with Gasteiger partial charge in [0, 0.05) is 37.8 Å². The summed E-state index contributed by atoms with van der Waals surface area (Å²) in [7, 11) is 0. The number of aromatic nitrogens is 2. The third-order valence-corrected chi connectivity index (χ3v) is 4.05. The number of hydrogen-bond donors (Lipinski definition) is 2. The molecular weight excluding hydrogens is 284 g/mol. The molecule has 3 rings (SSSR count). The van der Waals surface area contributed by atoms with Crippen molar-refractivity contribution in [3.8, 4) is 0 Å². The molecule has 0 aromatic carbocycles. The van der Waals surface area contributed by atoms with Crippen LogP contribution in [0.1, 0.15) is 37.3 Å². The van der Waals surface area contributed by atoms with Gasteiger partial charge in [-0.05, 0) is 31.7 Å². The van der Waals surface area contributed by atoms with E-state index in [-0.39, 0.29) is 17.6 Å². The number of amides is 2. The number of urea groups is 1. The summed E-state index contributed by atoms with van der Waals surface area (Å²) < 4.78 is 6.68. The Balaban J connectivity index is 1.45. The zero-order chi connectivity index (χ0) is 15.4. The highest BCUT2D eigenvalue weighted by Crippen LogP contribution is 2.38. The summed E-state index contributed by atoms with van der Waals surface area (Å²) in [5, 5.41) is 10.1. The van der Waals surface area contributed by atoms with Gasteiger partial charge in [-0.15, -0.1) is 0 Å². The molecule has 1 aliphatic carbocycles. The van der Waals surface area contributed by atoms with E-state index in [9.17, 15) is 9.59 Å². The lowest BCUT2D eigenvalue weighted by molar-refractivity contribution is 0.0801. The van der Waals surface area contributed by atoms with Gasteiger partial charge in [-0.25, -0.2) is 9.48 Å². The molecule has 0 spiro atoms. The second kappa shape index (κ2) is 6.91. The van der Waals surface area contributed by atoms with Gasteiger partial charge in [-0.2, -0.15) is 5.10 Å². The molecule has 7 heteroatoms. The highest BCUT2D eigenvalue weighted by Gasteiger charge is 2.25. The predicted molar refractivity (Wildman–Crippen MR) is 80.8 cm³/mol. The molecule has 1 saturated heterocycles. The van der Waals surface area contributed by atoms with E-state index in [1.165, 1.54) is 4.68 Å². The van der Waals surface area contributed by atoms with Crippen molar-refractivity contribution < 1.29 is 9.53 Å². The van der Waals surface area contributed by atoms with Crippen molar-refractivity contribution in [3.05, 3.63) is 28.2 Å². The largest absolute Gasteiger partial charge is 0.381 e. The zero-order valence-corrected chi connectivity index (χ0v) is 12.6. The molecule has 0 radical (unpaired) electrons. The lowest BCUT2D eigenvalue weighted by atomic mass is 10.1. The standard InChI is InChI=1S/C15H22N4O3/c20-14-4-3-13(11-1-2-11)18-19(14)8-7-16-15(21)17-12-5-9-22-10-6-12/h3-4,11-12H,1-2,5-10H2,(H2,16,17,21). The van der Waals surface area contributed by atoms with Gasteiger partial charge in [0.25, 0.3) is 5.56 Å². The van der Waals surface area contributed by atoms with Crippen molar-refractivity contribution in [1.82, 2.24) is 20.4 Å². The lowest BCUT2D eigenvalue weighted by Gasteiger charge is -2.23. The maximum atomic E-state index is 11.8. The van der Waals surface area contributed by atoms with E-state index in [0.29, 0.717) is 32.2 Å². The van der Waals surface area contributed by atoms with Gasteiger partial charge in [-0.3, -0.25) is 4.79 Å². The molecule has 0 unspecified atom stereocenters. The predicted octanol–water partition coefficient (Wildman–Crippen LogP) is 0.599. The quantitative estimate of drug-likeness (QED) is 0.834. The summed E-state index contributed by atoms with van der Waals surface area (Å²) in [6, 6.07) is 3.34. The first-order valence-electron chi connectivity index (χ1n) is 7.92. The number of rotatable bonds is 5. The number of hydrogen-bond acceptors (Lipinski definition) is 4. The Labute approximate surface area is 129 Å². The van der Waals surface area contributed by atoms with E-state index in [2.05, 4.69) is 15.7 Å². The molecule has 1 aliphatic heterocycles. The van der Waals surface area contributed by atoms with Crippen LogP contribution >= 0.6 is 0 Å². The van der Waals surface area contributed by atoms with Gasteiger partial charge in [0.15, 0.2) is 0 Å². The Morgan fingerprint density at radius 2 is 2.05 bits per heavy atom. The van der Waals surface area contributed by atoms with Gasteiger partial charge in [0.1, 0.15) is 0 Å². The molecule has 2 amide bonds. The molecule has 2 heterocycles. The molecule has 1 aromatic rings. The van der Waals surface area contributed by atoms with E-state index >= 15 is 0 Å². The first kappa shape index (κ1) is 15.0. The van der Waals surface area contributed by atoms with Gasteiger partial charge >= 0.3 is 6.03 Å². The second-order valence-corrected chi connectivity index (χ2v) is 5.88. The Morgan fingerprint density at radius 3 is 2.77 bits per heavy atom. The maximum Gasteiger partial charge on any atom is 0.315 e. The average molecular weight is 306 g/mol. The molecule has 0 bridgehead atoms. The summed E-state index contributed by atoms with van der Waals surface area (Å²) in [6.07, 6.45) is 3.99. The average Bonchev–Trinajstić information content (AvgIpc) is 3.35. The molecule has 2 fully saturated rings. The van der Waals surface area contributed by atoms with Crippen molar-refractivity contribution in [2.45, 2.75) is 44.2 Å². The highest BCUT2D eigenvalue weighted by molar-refractivity contribution is 5.74. The van der Waals surface area contributed by atoms with Crippen molar-refractivity contribution in [2.24, 2.45) is 0 Å². The number of carbonyl (C=O) groups is 1. The summed E-state index contributed by atoms with van der Waals surface area (Å²) in [4.78, 5) is 23.6. The van der Waals surface area contributed by atoms with Crippen LogP contribution in [0.25, 0.3) is 0 Å². The van der Waals surface area contributed by atoms with E-state index in [0.717, 1.165) is 31.4 Å². The fourth-order valence-corrected chi connectivity index (χ4v) is 2.58. The topological polar surface area (TPSA) is 85.2 Å². The minimum absolute atomic E-state index is 0.129. The van der Waals surface area contributed by atoms with Crippen molar-refractivity contribution in [2.75, 3.05) is 19.8 Å². The maximum absolute atomic E-state index is 11.8.